The predicted octanol–water partition coefficient (Wildman–Crippen LogP) is 1.22. The first-order valence-electron chi connectivity index (χ1n) is 7.70. The van der Waals surface area contributed by atoms with Crippen LogP contribution in [0.4, 0.5) is 0 Å². The molecule has 1 fully saturated rings. The number of benzene rings is 1. The zero-order chi connectivity index (χ0) is 17.0. The highest BCUT2D eigenvalue weighted by Crippen LogP contribution is 2.16. The van der Waals surface area contributed by atoms with Gasteiger partial charge in [-0.2, -0.15) is 0 Å². The number of carbonyl (C=O) groups is 1. The Hall–Kier alpha value is -1.60. The second-order valence-corrected chi connectivity index (χ2v) is 8.04. The van der Waals surface area contributed by atoms with Gasteiger partial charge < -0.3 is 10.1 Å². The lowest BCUT2D eigenvalue weighted by atomic mass is 10.1. The first-order chi connectivity index (χ1) is 10.8. The summed E-state index contributed by atoms with van der Waals surface area (Å²) >= 11 is 0. The first-order valence-corrected chi connectivity index (χ1v) is 9.55. The molecule has 6 nitrogen and oxygen atoms in total. The third-order valence-corrected chi connectivity index (χ3v) is 5.34. The summed E-state index contributed by atoms with van der Waals surface area (Å²) in [7, 11) is -3.21. The second-order valence-electron chi connectivity index (χ2n) is 6.06. The molecule has 7 heteroatoms. The molecule has 1 atom stereocenters. The third kappa shape index (κ3) is 5.21. The molecule has 0 spiro atoms. The van der Waals surface area contributed by atoms with E-state index < -0.39 is 10.0 Å². The normalized spacial score (nSPS) is 19.3. The lowest BCUT2D eigenvalue weighted by molar-refractivity contribution is -0.124. The topological polar surface area (TPSA) is 75.7 Å². The monoisotopic (exact) mass is 340 g/mol. The van der Waals surface area contributed by atoms with E-state index in [1.54, 1.807) is 0 Å². The molecule has 2 rings (SSSR count). The molecule has 0 bridgehead atoms. The van der Waals surface area contributed by atoms with Crippen LogP contribution in [0.3, 0.4) is 0 Å². The van der Waals surface area contributed by atoms with Gasteiger partial charge >= 0.3 is 0 Å². The fraction of sp³-hybridized carbons (Fsp3) is 0.562. The number of nitrogens with zero attached hydrogens (tertiary/aromatic N) is 1. The Morgan fingerprint density at radius 2 is 2.09 bits per heavy atom. The molecule has 0 radical (unpaired) electrons. The Kier molecular flexibility index (Phi) is 5.64. The van der Waals surface area contributed by atoms with Crippen LogP contribution >= 0.6 is 0 Å². The second kappa shape index (κ2) is 7.31. The molecule has 1 aromatic carbocycles. The summed E-state index contributed by atoms with van der Waals surface area (Å²) in [5.74, 6) is 0.424. The van der Waals surface area contributed by atoms with Crippen LogP contribution in [0.15, 0.2) is 18.2 Å². The number of piperidine rings is 1. The smallest absolute Gasteiger partial charge is 0.258 e. The van der Waals surface area contributed by atoms with E-state index in [-0.39, 0.29) is 18.6 Å². The van der Waals surface area contributed by atoms with Crippen LogP contribution in [0.2, 0.25) is 0 Å². The lowest BCUT2D eigenvalue weighted by Crippen LogP contribution is -2.50. The van der Waals surface area contributed by atoms with Gasteiger partial charge in [-0.25, -0.2) is 12.7 Å². The first kappa shape index (κ1) is 17.7. The van der Waals surface area contributed by atoms with Crippen molar-refractivity contribution in [2.24, 2.45) is 0 Å². The van der Waals surface area contributed by atoms with Crippen molar-refractivity contribution in [2.45, 2.75) is 32.7 Å². The molecular formula is C16H24N2O4S. The number of hydrogen-bond acceptors (Lipinski definition) is 4. The lowest BCUT2D eigenvalue weighted by Gasteiger charge is -2.31. The average molecular weight is 340 g/mol. The summed E-state index contributed by atoms with van der Waals surface area (Å²) in [4.78, 5) is 12.0. The Balaban J connectivity index is 1.83. The minimum Gasteiger partial charge on any atom is -0.484 e. The molecule has 0 aliphatic carbocycles. The molecule has 23 heavy (non-hydrogen) atoms. The highest BCUT2D eigenvalue weighted by molar-refractivity contribution is 7.88. The maximum Gasteiger partial charge on any atom is 0.258 e. The van der Waals surface area contributed by atoms with Crippen molar-refractivity contribution in [3.05, 3.63) is 29.3 Å². The molecular weight excluding hydrogens is 316 g/mol. The molecule has 0 saturated carbocycles. The molecule has 1 heterocycles. The van der Waals surface area contributed by atoms with Crippen LogP contribution in [0.25, 0.3) is 0 Å². The van der Waals surface area contributed by atoms with Crippen LogP contribution in [0.1, 0.15) is 24.0 Å². The van der Waals surface area contributed by atoms with E-state index >= 15 is 0 Å². The van der Waals surface area contributed by atoms with E-state index in [9.17, 15) is 13.2 Å². The van der Waals surface area contributed by atoms with Gasteiger partial charge in [0, 0.05) is 19.1 Å². The van der Waals surface area contributed by atoms with Gasteiger partial charge in [0.15, 0.2) is 6.61 Å². The van der Waals surface area contributed by atoms with E-state index in [0.717, 1.165) is 18.4 Å². The highest BCUT2D eigenvalue weighted by Gasteiger charge is 2.26. The van der Waals surface area contributed by atoms with E-state index in [0.29, 0.717) is 18.8 Å². The molecule has 1 aromatic rings. The van der Waals surface area contributed by atoms with Crippen LogP contribution in [0, 0.1) is 13.8 Å². The minimum absolute atomic E-state index is 0.0716. The Labute approximate surface area is 137 Å². The minimum atomic E-state index is -3.21. The number of carbonyl (C=O) groups excluding carboxylic acids is 1. The van der Waals surface area contributed by atoms with Gasteiger partial charge in [-0.05, 0) is 49.9 Å². The summed E-state index contributed by atoms with van der Waals surface area (Å²) in [5, 5.41) is 2.85. The van der Waals surface area contributed by atoms with Crippen LogP contribution < -0.4 is 10.1 Å². The molecule has 1 saturated heterocycles. The summed E-state index contributed by atoms with van der Waals surface area (Å²) in [6, 6.07) is 5.53. The number of aryl methyl sites for hydroxylation is 2. The fourth-order valence-electron chi connectivity index (χ4n) is 2.58. The van der Waals surface area contributed by atoms with Crippen molar-refractivity contribution in [1.82, 2.24) is 9.62 Å². The zero-order valence-corrected chi connectivity index (χ0v) is 14.6. The molecule has 1 aliphatic rings. The Morgan fingerprint density at radius 3 is 2.74 bits per heavy atom. The predicted molar refractivity (Wildman–Crippen MR) is 89.0 cm³/mol. The summed E-state index contributed by atoms with van der Waals surface area (Å²) in [6.07, 6.45) is 2.72. The van der Waals surface area contributed by atoms with Gasteiger partial charge in [-0.3, -0.25) is 4.79 Å². The molecule has 0 aromatic heterocycles. The van der Waals surface area contributed by atoms with Gasteiger partial charge in [0.25, 0.3) is 5.91 Å². The number of ether oxygens (including phenoxy) is 1. The van der Waals surface area contributed by atoms with E-state index in [1.807, 2.05) is 32.0 Å². The maximum absolute atomic E-state index is 12.0. The van der Waals surface area contributed by atoms with E-state index in [1.165, 1.54) is 16.1 Å². The maximum atomic E-state index is 12.0. The van der Waals surface area contributed by atoms with Gasteiger partial charge in [0.1, 0.15) is 5.75 Å². The summed E-state index contributed by atoms with van der Waals surface area (Å²) < 4.78 is 30.1. The third-order valence-electron chi connectivity index (χ3n) is 4.07. The zero-order valence-electron chi connectivity index (χ0n) is 13.8. The van der Waals surface area contributed by atoms with Crippen molar-refractivity contribution in [3.8, 4) is 5.75 Å². The van der Waals surface area contributed by atoms with Gasteiger partial charge in [0.05, 0.1) is 6.26 Å². The average Bonchev–Trinajstić information content (AvgIpc) is 2.48. The van der Waals surface area contributed by atoms with Crippen molar-refractivity contribution >= 4 is 15.9 Å². The fourth-order valence-corrected chi connectivity index (χ4v) is 3.49. The van der Waals surface area contributed by atoms with Gasteiger partial charge in [-0.15, -0.1) is 0 Å². The standard InChI is InChI=1S/C16H24N2O4S/c1-12-6-7-15(9-13(12)2)22-11-16(19)17-14-5-4-8-18(10-14)23(3,20)21/h6-7,9,14H,4-5,8,10-11H2,1-3H3,(H,17,19). The van der Waals surface area contributed by atoms with Crippen LogP contribution in [-0.4, -0.2) is 50.6 Å². The highest BCUT2D eigenvalue weighted by atomic mass is 32.2. The Bertz CT molecular complexity index is 673. The van der Waals surface area contributed by atoms with Crippen LogP contribution in [-0.2, 0) is 14.8 Å². The van der Waals surface area contributed by atoms with Gasteiger partial charge in [-0.1, -0.05) is 6.07 Å². The SMILES string of the molecule is Cc1ccc(OCC(=O)NC2CCCN(S(C)(=O)=O)C2)cc1C. The van der Waals surface area contributed by atoms with Crippen molar-refractivity contribution < 1.29 is 17.9 Å². The van der Waals surface area contributed by atoms with Crippen molar-refractivity contribution in [2.75, 3.05) is 26.0 Å². The molecule has 128 valence electrons. The van der Waals surface area contributed by atoms with Crippen molar-refractivity contribution in [3.63, 3.8) is 0 Å². The quantitative estimate of drug-likeness (QED) is 0.874. The molecule has 1 aliphatic heterocycles. The number of amides is 1. The Morgan fingerprint density at radius 1 is 1.35 bits per heavy atom. The van der Waals surface area contributed by atoms with Gasteiger partial charge in [0.2, 0.25) is 10.0 Å². The largest absolute Gasteiger partial charge is 0.484 e. The number of nitrogens with one attached hydrogen (secondary N) is 1. The van der Waals surface area contributed by atoms with E-state index in [2.05, 4.69) is 5.32 Å². The summed E-state index contributed by atoms with van der Waals surface area (Å²) in [6.45, 7) is 4.78. The van der Waals surface area contributed by atoms with Crippen LogP contribution in [0.5, 0.6) is 5.75 Å². The number of rotatable bonds is 5. The molecule has 1 unspecified atom stereocenters. The number of sulfonamides is 1. The summed E-state index contributed by atoms with van der Waals surface area (Å²) in [5.41, 5.74) is 2.28. The molecule has 1 N–H and O–H groups in total. The van der Waals surface area contributed by atoms with Crippen molar-refractivity contribution in [1.29, 1.82) is 0 Å². The number of hydrogen-bond donors (Lipinski definition) is 1. The van der Waals surface area contributed by atoms with E-state index in [4.69, 9.17) is 4.74 Å². The molecule has 1 amide bonds.